The van der Waals surface area contributed by atoms with Crippen molar-refractivity contribution in [3.63, 3.8) is 0 Å². The van der Waals surface area contributed by atoms with Crippen LogP contribution in [0.15, 0.2) is 41.8 Å². The van der Waals surface area contributed by atoms with Crippen LogP contribution in [-0.4, -0.2) is 29.4 Å². The van der Waals surface area contributed by atoms with E-state index in [1.807, 2.05) is 30.3 Å². The molecule has 0 unspecified atom stereocenters. The second-order valence-corrected chi connectivity index (χ2v) is 7.63. The van der Waals surface area contributed by atoms with Gasteiger partial charge in [-0.2, -0.15) is 5.26 Å². The lowest BCUT2D eigenvalue weighted by molar-refractivity contribution is 0.0799. The number of benzene rings is 1. The molecule has 1 aromatic carbocycles. The highest BCUT2D eigenvalue weighted by Crippen LogP contribution is 2.38. The number of amides is 1. The molecule has 4 nitrogen and oxygen atoms in total. The summed E-state index contributed by atoms with van der Waals surface area (Å²) in [6.07, 6.45) is 4.22. The molecule has 0 fully saturated rings. The molecule has 0 radical (unpaired) electrons. The van der Waals surface area contributed by atoms with Gasteiger partial charge in [0.2, 0.25) is 0 Å². The molecule has 0 atom stereocenters. The van der Waals surface area contributed by atoms with Crippen molar-refractivity contribution >= 4 is 39.8 Å². The van der Waals surface area contributed by atoms with Gasteiger partial charge in [0, 0.05) is 23.9 Å². The molecule has 0 N–H and O–H groups in total. The monoisotopic (exact) mass is 373 g/mol. The Balaban J connectivity index is 1.86. The number of nitriles is 1. The van der Waals surface area contributed by atoms with Crippen molar-refractivity contribution in [3.8, 4) is 6.07 Å². The Morgan fingerprint density at radius 1 is 1.30 bits per heavy atom. The van der Waals surface area contributed by atoms with Gasteiger partial charge in [0.1, 0.15) is 0 Å². The molecular formula is C22H19N3OS. The van der Waals surface area contributed by atoms with E-state index in [1.165, 1.54) is 10.5 Å². The van der Waals surface area contributed by atoms with E-state index in [4.69, 9.17) is 10.2 Å². The van der Waals surface area contributed by atoms with Gasteiger partial charge in [-0.1, -0.05) is 24.3 Å². The van der Waals surface area contributed by atoms with Crippen LogP contribution in [0.1, 0.15) is 39.3 Å². The number of carbonyl (C=O) groups is 1. The number of nitrogens with zero attached hydrogens (tertiary/aromatic N) is 3. The van der Waals surface area contributed by atoms with Gasteiger partial charge in [-0.25, -0.2) is 4.98 Å². The molecule has 0 bridgehead atoms. The molecular weight excluding hydrogens is 354 g/mol. The first kappa shape index (κ1) is 17.4. The summed E-state index contributed by atoms with van der Waals surface area (Å²) in [6, 6.07) is 14.1. The lowest BCUT2D eigenvalue weighted by Gasteiger charge is -2.19. The van der Waals surface area contributed by atoms with Gasteiger partial charge in [0.25, 0.3) is 5.91 Å². The van der Waals surface area contributed by atoms with Crippen molar-refractivity contribution in [2.45, 2.75) is 19.3 Å². The van der Waals surface area contributed by atoms with Crippen LogP contribution in [0, 0.1) is 11.3 Å². The Morgan fingerprint density at radius 3 is 2.93 bits per heavy atom. The number of para-hydroxylation sites is 1. The summed E-state index contributed by atoms with van der Waals surface area (Å²) in [5, 5.41) is 11.8. The van der Waals surface area contributed by atoms with Crippen molar-refractivity contribution < 1.29 is 4.79 Å². The lowest BCUT2D eigenvalue weighted by Crippen LogP contribution is -2.28. The molecule has 1 aliphatic carbocycles. The normalized spacial score (nSPS) is 14.3. The summed E-state index contributed by atoms with van der Waals surface area (Å²) >= 11 is 1.70. The van der Waals surface area contributed by atoms with Crippen LogP contribution >= 0.6 is 11.3 Å². The molecule has 0 aliphatic heterocycles. The number of pyridine rings is 1. The van der Waals surface area contributed by atoms with Crippen molar-refractivity contribution in [1.29, 1.82) is 5.26 Å². The molecule has 27 heavy (non-hydrogen) atoms. The third-order valence-electron chi connectivity index (χ3n) is 4.92. The summed E-state index contributed by atoms with van der Waals surface area (Å²) in [5.41, 5.74) is 4.74. The average Bonchev–Trinajstić information content (AvgIpc) is 3.34. The predicted octanol–water partition coefficient (Wildman–Crippen LogP) is 4.77. The predicted molar refractivity (Wildman–Crippen MR) is 109 cm³/mol. The molecule has 4 rings (SSSR count). The zero-order valence-corrected chi connectivity index (χ0v) is 15.9. The number of carbonyl (C=O) groups excluding carboxylic acids is 1. The molecule has 0 saturated heterocycles. The van der Waals surface area contributed by atoms with Gasteiger partial charge in [0.05, 0.1) is 29.3 Å². The van der Waals surface area contributed by atoms with Crippen LogP contribution in [0.4, 0.5) is 0 Å². The van der Waals surface area contributed by atoms with E-state index in [9.17, 15) is 4.79 Å². The largest absolute Gasteiger partial charge is 0.341 e. The number of fused-ring (bicyclic) bond motifs is 2. The first-order chi connectivity index (χ1) is 13.2. The van der Waals surface area contributed by atoms with Gasteiger partial charge >= 0.3 is 0 Å². The molecule has 0 saturated carbocycles. The lowest BCUT2D eigenvalue weighted by atomic mass is 9.99. The number of hydrogen-bond acceptors (Lipinski definition) is 4. The minimum Gasteiger partial charge on any atom is -0.341 e. The third kappa shape index (κ3) is 3.24. The highest BCUT2D eigenvalue weighted by Gasteiger charge is 2.28. The molecule has 5 heteroatoms. The number of aromatic nitrogens is 1. The number of thiophene rings is 1. The highest BCUT2D eigenvalue weighted by atomic mass is 32.1. The van der Waals surface area contributed by atoms with Crippen LogP contribution in [0.5, 0.6) is 0 Å². The third-order valence-corrected chi connectivity index (χ3v) is 5.74. The molecule has 134 valence electrons. The van der Waals surface area contributed by atoms with Gasteiger partial charge in [-0.05, 0) is 47.6 Å². The summed E-state index contributed by atoms with van der Waals surface area (Å²) in [6.45, 7) is 0.429. The minimum atomic E-state index is -0.0301. The van der Waals surface area contributed by atoms with E-state index in [2.05, 4.69) is 23.6 Å². The van der Waals surface area contributed by atoms with Crippen LogP contribution in [0.3, 0.4) is 0 Å². The van der Waals surface area contributed by atoms with E-state index in [0.717, 1.165) is 40.6 Å². The second kappa shape index (κ2) is 7.34. The minimum absolute atomic E-state index is 0.0301. The van der Waals surface area contributed by atoms with Gasteiger partial charge < -0.3 is 4.90 Å². The van der Waals surface area contributed by atoms with Gasteiger partial charge in [-0.3, -0.25) is 4.79 Å². The van der Waals surface area contributed by atoms with Crippen molar-refractivity contribution in [1.82, 2.24) is 9.88 Å². The summed E-state index contributed by atoms with van der Waals surface area (Å²) in [7, 11) is 1.76. The summed E-state index contributed by atoms with van der Waals surface area (Å²) < 4.78 is 0. The number of hydrogen-bond donors (Lipinski definition) is 0. The van der Waals surface area contributed by atoms with Crippen molar-refractivity contribution in [2.75, 3.05) is 13.6 Å². The standard InChI is InChI=1S/C22H19N3OS/c1-25(12-5-11-23)22(26)20-17-7-2-3-8-19(17)24-21-15(9-10-18(20)21)14-16-6-4-13-27-16/h2-4,6-8,13-14H,5,9-10,12H2,1H3/b15-14-. The average molecular weight is 373 g/mol. The maximum absolute atomic E-state index is 13.2. The van der Waals surface area contributed by atoms with Gasteiger partial charge in [-0.15, -0.1) is 11.3 Å². The molecule has 3 aromatic rings. The quantitative estimate of drug-likeness (QED) is 0.662. The topological polar surface area (TPSA) is 57.0 Å². The van der Waals surface area contributed by atoms with Gasteiger partial charge in [0.15, 0.2) is 0 Å². The van der Waals surface area contributed by atoms with Crippen LogP contribution in [-0.2, 0) is 6.42 Å². The van der Waals surface area contributed by atoms with E-state index < -0.39 is 0 Å². The maximum Gasteiger partial charge on any atom is 0.254 e. The van der Waals surface area contributed by atoms with E-state index >= 15 is 0 Å². The Kier molecular flexibility index (Phi) is 4.74. The Labute approximate surface area is 162 Å². The van der Waals surface area contributed by atoms with E-state index in [0.29, 0.717) is 13.0 Å². The smallest absolute Gasteiger partial charge is 0.254 e. The molecule has 2 aromatic heterocycles. The fourth-order valence-electron chi connectivity index (χ4n) is 3.58. The zero-order chi connectivity index (χ0) is 18.8. The summed E-state index contributed by atoms with van der Waals surface area (Å²) in [4.78, 5) is 21.0. The molecule has 1 aliphatic rings. The first-order valence-corrected chi connectivity index (χ1v) is 9.85. The highest BCUT2D eigenvalue weighted by molar-refractivity contribution is 7.10. The van der Waals surface area contributed by atoms with Crippen LogP contribution < -0.4 is 0 Å². The maximum atomic E-state index is 13.2. The van der Waals surface area contributed by atoms with Crippen LogP contribution in [0.2, 0.25) is 0 Å². The fraction of sp³-hybridized carbons (Fsp3) is 0.227. The number of allylic oxidation sites excluding steroid dienone is 1. The Bertz CT molecular complexity index is 1080. The Hall–Kier alpha value is -2.97. The van der Waals surface area contributed by atoms with Crippen LogP contribution in [0.25, 0.3) is 22.6 Å². The first-order valence-electron chi connectivity index (χ1n) is 8.97. The second-order valence-electron chi connectivity index (χ2n) is 6.65. The fourth-order valence-corrected chi connectivity index (χ4v) is 4.26. The van der Waals surface area contributed by atoms with Crippen molar-refractivity contribution in [2.24, 2.45) is 0 Å². The Morgan fingerprint density at radius 2 is 2.15 bits per heavy atom. The van der Waals surface area contributed by atoms with Crippen molar-refractivity contribution in [3.05, 3.63) is 63.5 Å². The van der Waals surface area contributed by atoms with E-state index in [1.54, 1.807) is 23.3 Å². The zero-order valence-electron chi connectivity index (χ0n) is 15.1. The van der Waals surface area contributed by atoms with E-state index in [-0.39, 0.29) is 5.91 Å². The molecule has 1 amide bonds. The summed E-state index contributed by atoms with van der Waals surface area (Å²) in [5.74, 6) is -0.0301. The SMILES string of the molecule is CN(CCC#N)C(=O)c1c2c(nc3ccccc13)/C(=C\c1cccs1)CC2. The molecule has 2 heterocycles. The number of rotatable bonds is 4. The molecule has 0 spiro atoms.